The van der Waals surface area contributed by atoms with Crippen LogP contribution in [0.2, 0.25) is 0 Å². The summed E-state index contributed by atoms with van der Waals surface area (Å²) < 4.78 is 25.5. The molecule has 0 saturated carbocycles. The summed E-state index contributed by atoms with van der Waals surface area (Å²) in [4.78, 5) is 17.5. The average Bonchev–Trinajstić information content (AvgIpc) is 3.28. The predicted molar refractivity (Wildman–Crippen MR) is 110 cm³/mol. The highest BCUT2D eigenvalue weighted by Gasteiger charge is 2.21. The number of hydrogen-bond acceptors (Lipinski definition) is 5. The van der Waals surface area contributed by atoms with Gasteiger partial charge < -0.3 is 19.5 Å². The van der Waals surface area contributed by atoms with E-state index in [1.165, 1.54) is 12.1 Å². The van der Waals surface area contributed by atoms with Crippen molar-refractivity contribution in [3.63, 3.8) is 0 Å². The molecule has 1 aliphatic heterocycles. The minimum atomic E-state index is -1.01. The number of hydrogen-bond donors (Lipinski definition) is 1. The molecule has 1 aliphatic rings. The molecule has 0 amide bonds. The lowest BCUT2D eigenvalue weighted by atomic mass is 10.1. The number of anilines is 2. The minimum Gasteiger partial charge on any atom is -0.485 e. The summed E-state index contributed by atoms with van der Waals surface area (Å²) in [5.41, 5.74) is 2.44. The lowest BCUT2D eigenvalue weighted by Crippen LogP contribution is -2.19. The third-order valence-electron chi connectivity index (χ3n) is 4.88. The highest BCUT2D eigenvalue weighted by Crippen LogP contribution is 2.33. The Labute approximate surface area is 173 Å². The third-order valence-corrected chi connectivity index (χ3v) is 4.88. The number of aromatic carboxylic acids is 1. The fraction of sp³-hybridized carbons (Fsp3) is 0.217. The molecule has 3 aromatic rings. The monoisotopic (exact) mass is 408 g/mol. The second-order valence-electron chi connectivity index (χ2n) is 7.02. The van der Waals surface area contributed by atoms with E-state index in [4.69, 9.17) is 9.47 Å². The van der Waals surface area contributed by atoms with Gasteiger partial charge >= 0.3 is 5.97 Å². The molecule has 154 valence electrons. The number of benzene rings is 2. The van der Waals surface area contributed by atoms with Crippen LogP contribution in [0.3, 0.4) is 0 Å². The van der Waals surface area contributed by atoms with Crippen LogP contribution in [0.25, 0.3) is 0 Å². The van der Waals surface area contributed by atoms with Gasteiger partial charge in [-0.05, 0) is 42.0 Å². The molecule has 2 heterocycles. The van der Waals surface area contributed by atoms with Crippen molar-refractivity contribution in [2.45, 2.75) is 19.1 Å². The number of nitrogens with zero attached hydrogens (tertiary/aromatic N) is 2. The fourth-order valence-corrected chi connectivity index (χ4v) is 3.35. The van der Waals surface area contributed by atoms with E-state index in [-0.39, 0.29) is 17.4 Å². The van der Waals surface area contributed by atoms with Crippen molar-refractivity contribution in [3.05, 3.63) is 83.9 Å². The van der Waals surface area contributed by atoms with Gasteiger partial charge in [-0.15, -0.1) is 0 Å². The molecule has 30 heavy (non-hydrogen) atoms. The van der Waals surface area contributed by atoms with Crippen molar-refractivity contribution in [2.24, 2.45) is 0 Å². The minimum absolute atomic E-state index is 0.147. The van der Waals surface area contributed by atoms with Gasteiger partial charge in [-0.2, -0.15) is 0 Å². The Bertz CT molecular complexity index is 1020. The first-order chi connectivity index (χ1) is 14.6. The lowest BCUT2D eigenvalue weighted by molar-refractivity contribution is 0.0697. The molecule has 2 aromatic carbocycles. The molecule has 1 fully saturated rings. The molecule has 0 unspecified atom stereocenters. The molecule has 0 aliphatic carbocycles. The second kappa shape index (κ2) is 8.92. The standard InChI is InChI=1S/C23H21FN2O4/c24-21-7-6-19(12-22(21)30-20-8-10-29-15-20)26(14-16-3-2-9-25-13-16)18-5-1-4-17(11-18)23(27)28/h1-7,9,11-13,20H,8,10,14-15H2,(H,27,28)/t20-/m1/s1. The molecule has 4 rings (SSSR count). The largest absolute Gasteiger partial charge is 0.485 e. The first kappa shape index (κ1) is 19.8. The smallest absolute Gasteiger partial charge is 0.335 e. The van der Waals surface area contributed by atoms with E-state index in [0.717, 1.165) is 5.56 Å². The zero-order chi connectivity index (χ0) is 20.9. The number of halogens is 1. The number of carboxylic acids is 1. The SMILES string of the molecule is O=C(O)c1cccc(N(Cc2cccnc2)c2ccc(F)c(O[C@@H]3CCOC3)c2)c1. The van der Waals surface area contributed by atoms with E-state index in [2.05, 4.69) is 4.98 Å². The van der Waals surface area contributed by atoms with Crippen molar-refractivity contribution >= 4 is 17.3 Å². The van der Waals surface area contributed by atoms with Gasteiger partial charge in [0.1, 0.15) is 6.10 Å². The summed E-state index contributed by atoms with van der Waals surface area (Å²) >= 11 is 0. The molecule has 1 saturated heterocycles. The normalized spacial score (nSPS) is 15.7. The Morgan fingerprint density at radius 3 is 2.80 bits per heavy atom. The van der Waals surface area contributed by atoms with Gasteiger partial charge in [0.2, 0.25) is 0 Å². The van der Waals surface area contributed by atoms with Crippen LogP contribution in [0, 0.1) is 5.82 Å². The van der Waals surface area contributed by atoms with E-state index in [1.54, 1.807) is 36.7 Å². The molecule has 1 N–H and O–H groups in total. The number of carbonyl (C=O) groups is 1. The highest BCUT2D eigenvalue weighted by molar-refractivity contribution is 5.89. The summed E-state index contributed by atoms with van der Waals surface area (Å²) in [6, 6.07) is 15.0. The van der Waals surface area contributed by atoms with Crippen molar-refractivity contribution in [1.82, 2.24) is 4.98 Å². The molecule has 6 nitrogen and oxygen atoms in total. The summed E-state index contributed by atoms with van der Waals surface area (Å²) in [5, 5.41) is 9.38. The molecule has 0 radical (unpaired) electrons. The van der Waals surface area contributed by atoms with Crippen LogP contribution in [0.5, 0.6) is 5.75 Å². The lowest BCUT2D eigenvalue weighted by Gasteiger charge is -2.26. The molecule has 1 atom stereocenters. The Balaban J connectivity index is 1.71. The van der Waals surface area contributed by atoms with Crippen LogP contribution in [0.4, 0.5) is 15.8 Å². The van der Waals surface area contributed by atoms with E-state index in [9.17, 15) is 14.3 Å². The van der Waals surface area contributed by atoms with E-state index < -0.39 is 11.8 Å². The van der Waals surface area contributed by atoms with Crippen molar-refractivity contribution in [2.75, 3.05) is 18.1 Å². The van der Waals surface area contributed by atoms with Crippen molar-refractivity contribution < 1.29 is 23.8 Å². The quantitative estimate of drug-likeness (QED) is 0.624. The zero-order valence-corrected chi connectivity index (χ0v) is 16.2. The first-order valence-corrected chi connectivity index (χ1v) is 9.64. The van der Waals surface area contributed by atoms with Gasteiger partial charge in [0.25, 0.3) is 0 Å². The van der Waals surface area contributed by atoms with Crippen LogP contribution in [-0.2, 0) is 11.3 Å². The summed E-state index contributed by atoms with van der Waals surface area (Å²) in [7, 11) is 0. The van der Waals surface area contributed by atoms with Crippen LogP contribution < -0.4 is 9.64 Å². The summed E-state index contributed by atoms with van der Waals surface area (Å²) in [5.74, 6) is -1.32. The summed E-state index contributed by atoms with van der Waals surface area (Å²) in [6.07, 6.45) is 3.96. The van der Waals surface area contributed by atoms with Gasteiger partial charge in [0.15, 0.2) is 11.6 Å². The third kappa shape index (κ3) is 4.58. The zero-order valence-electron chi connectivity index (χ0n) is 16.2. The van der Waals surface area contributed by atoms with Crippen LogP contribution in [0.15, 0.2) is 67.0 Å². The number of ether oxygens (including phenoxy) is 2. The number of rotatable bonds is 7. The van der Waals surface area contributed by atoms with Gasteiger partial charge in [0.05, 0.1) is 18.8 Å². The fourth-order valence-electron chi connectivity index (χ4n) is 3.35. The Morgan fingerprint density at radius 1 is 1.20 bits per heavy atom. The maximum absolute atomic E-state index is 14.4. The Hall–Kier alpha value is -3.45. The predicted octanol–water partition coefficient (Wildman–Crippen LogP) is 4.42. The van der Waals surface area contributed by atoms with Crippen LogP contribution in [-0.4, -0.2) is 35.4 Å². The van der Waals surface area contributed by atoms with Gasteiger partial charge in [-0.3, -0.25) is 4.98 Å². The molecule has 7 heteroatoms. The van der Waals surface area contributed by atoms with Crippen LogP contribution >= 0.6 is 0 Å². The maximum Gasteiger partial charge on any atom is 0.335 e. The second-order valence-corrected chi connectivity index (χ2v) is 7.02. The first-order valence-electron chi connectivity index (χ1n) is 9.64. The van der Waals surface area contributed by atoms with Crippen molar-refractivity contribution in [1.29, 1.82) is 0 Å². The topological polar surface area (TPSA) is 71.9 Å². The Morgan fingerprint density at radius 2 is 2.07 bits per heavy atom. The van der Waals surface area contributed by atoms with Gasteiger partial charge in [-0.25, -0.2) is 9.18 Å². The number of pyridine rings is 1. The molecule has 0 spiro atoms. The molecular weight excluding hydrogens is 387 g/mol. The van der Waals surface area contributed by atoms with E-state index in [1.807, 2.05) is 23.1 Å². The van der Waals surface area contributed by atoms with Crippen molar-refractivity contribution in [3.8, 4) is 5.75 Å². The average molecular weight is 408 g/mol. The van der Waals surface area contributed by atoms with Gasteiger partial charge in [0, 0.05) is 42.8 Å². The molecule has 0 bridgehead atoms. The highest BCUT2D eigenvalue weighted by atomic mass is 19.1. The van der Waals surface area contributed by atoms with E-state index >= 15 is 0 Å². The molecular formula is C23H21FN2O4. The maximum atomic E-state index is 14.4. The number of carboxylic acid groups (broad SMARTS) is 1. The summed E-state index contributed by atoms with van der Waals surface area (Å²) in [6.45, 7) is 1.46. The number of aromatic nitrogens is 1. The van der Waals surface area contributed by atoms with Crippen LogP contribution in [0.1, 0.15) is 22.3 Å². The molecule has 1 aromatic heterocycles. The van der Waals surface area contributed by atoms with Gasteiger partial charge in [-0.1, -0.05) is 12.1 Å². The van der Waals surface area contributed by atoms with E-state index in [0.29, 0.717) is 37.6 Å². The Kier molecular flexibility index (Phi) is 5.90.